The third kappa shape index (κ3) is 4.59. The lowest BCUT2D eigenvalue weighted by Gasteiger charge is -2.15. The number of pyridine rings is 1. The highest BCUT2D eigenvalue weighted by Gasteiger charge is 2.18. The summed E-state index contributed by atoms with van der Waals surface area (Å²) in [6, 6.07) is 9.61. The highest BCUT2D eigenvalue weighted by atomic mass is 35.5. The van der Waals surface area contributed by atoms with Crippen LogP contribution in [0.3, 0.4) is 0 Å². The largest absolute Gasteiger partial charge is 0.477 e. The number of fused-ring (bicyclic) bond motifs is 1. The summed E-state index contributed by atoms with van der Waals surface area (Å²) >= 11 is 11.9. The Morgan fingerprint density at radius 2 is 2.00 bits per heavy atom. The lowest BCUT2D eigenvalue weighted by Crippen LogP contribution is -2.26. The van der Waals surface area contributed by atoms with E-state index < -0.39 is 12.1 Å². The molecule has 3 rings (SSSR count). The summed E-state index contributed by atoms with van der Waals surface area (Å²) < 4.78 is 12.2. The van der Waals surface area contributed by atoms with Crippen molar-refractivity contribution in [3.05, 3.63) is 74.3 Å². The van der Waals surface area contributed by atoms with Gasteiger partial charge in [0.1, 0.15) is 18.0 Å². The van der Waals surface area contributed by atoms with Crippen molar-refractivity contribution >= 4 is 34.8 Å². The lowest BCUT2D eigenvalue weighted by atomic mass is 10.3. The van der Waals surface area contributed by atoms with Crippen LogP contribution in [0.15, 0.2) is 47.4 Å². The number of carbonyl (C=O) groups is 1. The fraction of sp³-hybridized carbons (Fsp3) is 0.211. The number of aromatic nitrogens is 2. The van der Waals surface area contributed by atoms with Crippen molar-refractivity contribution in [2.24, 2.45) is 0 Å². The molecule has 0 amide bonds. The van der Waals surface area contributed by atoms with Crippen LogP contribution in [0.5, 0.6) is 5.75 Å². The Bertz CT molecular complexity index is 1070. The van der Waals surface area contributed by atoms with Crippen LogP contribution in [0.25, 0.3) is 5.65 Å². The number of halogens is 2. The normalized spacial score (nSPS) is 12.0. The summed E-state index contributed by atoms with van der Waals surface area (Å²) in [6.07, 6.45) is 0.805. The molecule has 2 aromatic heterocycles. The van der Waals surface area contributed by atoms with E-state index >= 15 is 0 Å². The monoisotopic (exact) mass is 406 g/mol. The zero-order chi connectivity index (χ0) is 19.6. The lowest BCUT2D eigenvalue weighted by molar-refractivity contribution is -0.152. The predicted octanol–water partition coefficient (Wildman–Crippen LogP) is 3.82. The molecule has 0 bridgehead atoms. The number of ether oxygens (including phenoxy) is 2. The average molecular weight is 407 g/mol. The third-order valence-corrected chi connectivity index (χ3v) is 4.28. The van der Waals surface area contributed by atoms with Crippen LogP contribution >= 0.6 is 23.2 Å². The van der Waals surface area contributed by atoms with Crippen LogP contribution in [-0.2, 0) is 16.1 Å². The standard InChI is InChI=1S/C19H16Cl2N2O4/c1-11-3-6-17-22-14(8-18(24)23(17)9-11)10-26-19(25)12(2)27-16-5-4-13(20)7-15(16)21/h3-9,12H,10H2,1-2H3. The molecule has 1 unspecified atom stereocenters. The summed E-state index contributed by atoms with van der Waals surface area (Å²) in [6.45, 7) is 3.29. The second-order valence-corrected chi connectivity index (χ2v) is 6.81. The van der Waals surface area contributed by atoms with Crippen molar-refractivity contribution in [3.8, 4) is 5.75 Å². The molecule has 0 fully saturated rings. The zero-order valence-electron chi connectivity index (χ0n) is 14.6. The molecule has 0 radical (unpaired) electrons. The Balaban J connectivity index is 1.67. The summed E-state index contributed by atoms with van der Waals surface area (Å²) in [5, 5.41) is 0.757. The van der Waals surface area contributed by atoms with Gasteiger partial charge in [-0.1, -0.05) is 29.3 Å². The quantitative estimate of drug-likeness (QED) is 0.602. The zero-order valence-corrected chi connectivity index (χ0v) is 16.1. The minimum Gasteiger partial charge on any atom is -0.477 e. The van der Waals surface area contributed by atoms with E-state index in [1.54, 1.807) is 31.3 Å². The van der Waals surface area contributed by atoms with Crippen LogP contribution in [-0.4, -0.2) is 21.5 Å². The van der Waals surface area contributed by atoms with Crippen LogP contribution in [0.2, 0.25) is 10.0 Å². The van der Waals surface area contributed by atoms with Gasteiger partial charge < -0.3 is 9.47 Å². The number of rotatable bonds is 5. The first-order valence-electron chi connectivity index (χ1n) is 8.11. The van der Waals surface area contributed by atoms with E-state index in [0.29, 0.717) is 27.1 Å². The molecule has 0 spiro atoms. The predicted molar refractivity (Wildman–Crippen MR) is 103 cm³/mol. The van der Waals surface area contributed by atoms with E-state index in [9.17, 15) is 9.59 Å². The molecule has 0 saturated carbocycles. The number of hydrogen-bond acceptors (Lipinski definition) is 5. The van der Waals surface area contributed by atoms with Gasteiger partial charge >= 0.3 is 5.97 Å². The molecule has 6 nitrogen and oxygen atoms in total. The maximum absolute atomic E-state index is 12.2. The molecular weight excluding hydrogens is 391 g/mol. The molecule has 1 atom stereocenters. The summed E-state index contributed by atoms with van der Waals surface area (Å²) in [7, 11) is 0. The first-order valence-corrected chi connectivity index (χ1v) is 8.86. The highest BCUT2D eigenvalue weighted by molar-refractivity contribution is 6.35. The van der Waals surface area contributed by atoms with Crippen molar-refractivity contribution in [1.82, 2.24) is 9.38 Å². The van der Waals surface area contributed by atoms with Gasteiger partial charge in [0.2, 0.25) is 0 Å². The number of hydrogen-bond donors (Lipinski definition) is 0. The Morgan fingerprint density at radius 3 is 2.74 bits per heavy atom. The Morgan fingerprint density at radius 1 is 1.22 bits per heavy atom. The molecule has 2 heterocycles. The van der Waals surface area contributed by atoms with E-state index in [0.717, 1.165) is 5.56 Å². The molecule has 0 aliphatic rings. The fourth-order valence-corrected chi connectivity index (χ4v) is 2.86. The molecule has 3 aromatic rings. The Hall–Kier alpha value is -2.57. The van der Waals surface area contributed by atoms with Crippen molar-refractivity contribution in [2.45, 2.75) is 26.6 Å². The van der Waals surface area contributed by atoms with E-state index in [4.69, 9.17) is 32.7 Å². The van der Waals surface area contributed by atoms with Gasteiger partial charge in [-0.2, -0.15) is 0 Å². The first kappa shape index (κ1) is 19.2. The van der Waals surface area contributed by atoms with Gasteiger partial charge in [-0.05, 0) is 43.7 Å². The minimum absolute atomic E-state index is 0.138. The molecule has 0 aliphatic carbocycles. The second kappa shape index (κ2) is 7.98. The van der Waals surface area contributed by atoms with Crippen molar-refractivity contribution < 1.29 is 14.3 Å². The SMILES string of the molecule is Cc1ccc2nc(COC(=O)C(C)Oc3ccc(Cl)cc3Cl)cc(=O)n2c1. The molecule has 27 heavy (non-hydrogen) atoms. The second-order valence-electron chi connectivity index (χ2n) is 5.96. The molecule has 8 heteroatoms. The summed E-state index contributed by atoms with van der Waals surface area (Å²) in [5.41, 5.74) is 1.54. The van der Waals surface area contributed by atoms with Gasteiger partial charge in [0.05, 0.1) is 10.7 Å². The first-order chi connectivity index (χ1) is 12.8. The van der Waals surface area contributed by atoms with Gasteiger partial charge in [-0.25, -0.2) is 9.78 Å². The smallest absolute Gasteiger partial charge is 0.347 e. The fourth-order valence-electron chi connectivity index (χ4n) is 2.40. The van der Waals surface area contributed by atoms with Gasteiger partial charge in [-0.3, -0.25) is 9.20 Å². The molecule has 0 saturated heterocycles. The summed E-state index contributed by atoms with van der Waals surface area (Å²) in [4.78, 5) is 28.7. The minimum atomic E-state index is -0.895. The topological polar surface area (TPSA) is 69.9 Å². The van der Waals surface area contributed by atoms with Gasteiger partial charge in [-0.15, -0.1) is 0 Å². The van der Waals surface area contributed by atoms with Crippen molar-refractivity contribution in [1.29, 1.82) is 0 Å². The van der Waals surface area contributed by atoms with Crippen molar-refractivity contribution in [2.75, 3.05) is 0 Å². The third-order valence-electron chi connectivity index (χ3n) is 3.75. The number of carbonyl (C=O) groups excluding carboxylic acids is 1. The van der Waals surface area contributed by atoms with Crippen LogP contribution in [0, 0.1) is 6.92 Å². The molecule has 0 aliphatic heterocycles. The molecule has 1 aromatic carbocycles. The molecular formula is C19H16Cl2N2O4. The number of nitrogens with zero attached hydrogens (tertiary/aromatic N) is 2. The van der Waals surface area contributed by atoms with E-state index in [1.807, 2.05) is 13.0 Å². The Kier molecular flexibility index (Phi) is 5.68. The number of benzene rings is 1. The van der Waals surface area contributed by atoms with Crippen LogP contribution < -0.4 is 10.3 Å². The molecule has 0 N–H and O–H groups in total. The van der Waals surface area contributed by atoms with E-state index in [1.165, 1.54) is 16.5 Å². The maximum atomic E-state index is 12.2. The average Bonchev–Trinajstić information content (AvgIpc) is 2.62. The Labute approximate surface area is 165 Å². The van der Waals surface area contributed by atoms with Gasteiger partial charge in [0, 0.05) is 17.3 Å². The number of esters is 1. The number of aryl methyl sites for hydroxylation is 1. The van der Waals surface area contributed by atoms with Crippen LogP contribution in [0.1, 0.15) is 18.2 Å². The van der Waals surface area contributed by atoms with Gasteiger partial charge in [0.25, 0.3) is 5.56 Å². The van der Waals surface area contributed by atoms with E-state index in [2.05, 4.69) is 4.98 Å². The van der Waals surface area contributed by atoms with E-state index in [-0.39, 0.29) is 12.2 Å². The van der Waals surface area contributed by atoms with Crippen molar-refractivity contribution in [3.63, 3.8) is 0 Å². The molecule has 140 valence electrons. The summed E-state index contributed by atoms with van der Waals surface area (Å²) in [5.74, 6) is -0.283. The van der Waals surface area contributed by atoms with Crippen LogP contribution in [0.4, 0.5) is 0 Å². The van der Waals surface area contributed by atoms with Gasteiger partial charge in [0.15, 0.2) is 6.10 Å². The maximum Gasteiger partial charge on any atom is 0.347 e. The highest BCUT2D eigenvalue weighted by Crippen LogP contribution is 2.28.